The SMILES string of the molecule is Cc1ccc(S[C@@H](C)C(=O)NNC(=O)[C@@H](C)Oc2ccccc2F)cc1. The summed E-state index contributed by atoms with van der Waals surface area (Å²) in [5.74, 6) is -1.50. The average Bonchev–Trinajstić information content (AvgIpc) is 2.63. The zero-order chi connectivity index (χ0) is 19.1. The zero-order valence-electron chi connectivity index (χ0n) is 14.8. The second-order valence-corrected chi connectivity index (χ2v) is 7.16. The Bertz CT molecular complexity index is 768. The van der Waals surface area contributed by atoms with Crippen molar-refractivity contribution in [2.24, 2.45) is 0 Å². The van der Waals surface area contributed by atoms with E-state index in [0.717, 1.165) is 10.5 Å². The van der Waals surface area contributed by atoms with E-state index in [4.69, 9.17) is 4.74 Å². The summed E-state index contributed by atoms with van der Waals surface area (Å²) in [4.78, 5) is 25.1. The first-order valence-corrected chi connectivity index (χ1v) is 8.99. The molecule has 7 heteroatoms. The third kappa shape index (κ3) is 5.77. The highest BCUT2D eigenvalue weighted by Crippen LogP contribution is 2.23. The number of para-hydroxylation sites is 1. The van der Waals surface area contributed by atoms with Crippen molar-refractivity contribution in [3.05, 3.63) is 59.9 Å². The predicted molar refractivity (Wildman–Crippen MR) is 99.3 cm³/mol. The van der Waals surface area contributed by atoms with Gasteiger partial charge in [0.05, 0.1) is 5.25 Å². The van der Waals surface area contributed by atoms with Gasteiger partial charge in [-0.05, 0) is 45.0 Å². The number of carbonyl (C=O) groups is 2. The maximum atomic E-state index is 13.5. The summed E-state index contributed by atoms with van der Waals surface area (Å²) >= 11 is 1.38. The smallest absolute Gasteiger partial charge is 0.279 e. The number of thioether (sulfide) groups is 1. The number of hydrazine groups is 1. The normalized spacial score (nSPS) is 12.8. The van der Waals surface area contributed by atoms with Crippen LogP contribution in [0.25, 0.3) is 0 Å². The number of hydrogen-bond donors (Lipinski definition) is 2. The van der Waals surface area contributed by atoms with Crippen molar-refractivity contribution in [3.63, 3.8) is 0 Å². The molecule has 0 aliphatic heterocycles. The largest absolute Gasteiger partial charge is 0.478 e. The van der Waals surface area contributed by atoms with Crippen LogP contribution in [0.1, 0.15) is 19.4 Å². The molecule has 26 heavy (non-hydrogen) atoms. The Morgan fingerprint density at radius 3 is 2.27 bits per heavy atom. The second-order valence-electron chi connectivity index (χ2n) is 5.74. The molecule has 0 unspecified atom stereocenters. The number of aryl methyl sites for hydroxylation is 1. The lowest BCUT2D eigenvalue weighted by Crippen LogP contribution is -2.49. The summed E-state index contributed by atoms with van der Waals surface area (Å²) in [6.07, 6.45) is -0.966. The number of halogens is 1. The van der Waals surface area contributed by atoms with Gasteiger partial charge in [0.15, 0.2) is 17.7 Å². The topological polar surface area (TPSA) is 67.4 Å². The van der Waals surface area contributed by atoms with Crippen molar-refractivity contribution in [2.75, 3.05) is 0 Å². The summed E-state index contributed by atoms with van der Waals surface area (Å²) in [7, 11) is 0. The van der Waals surface area contributed by atoms with Gasteiger partial charge < -0.3 is 4.74 Å². The van der Waals surface area contributed by atoms with Gasteiger partial charge in [0.2, 0.25) is 0 Å². The van der Waals surface area contributed by atoms with Crippen LogP contribution in [-0.4, -0.2) is 23.2 Å². The molecule has 2 aromatic rings. The van der Waals surface area contributed by atoms with E-state index in [1.165, 1.54) is 36.9 Å². The van der Waals surface area contributed by atoms with Gasteiger partial charge in [-0.25, -0.2) is 4.39 Å². The number of benzene rings is 2. The molecule has 2 atom stereocenters. The van der Waals surface area contributed by atoms with Crippen LogP contribution >= 0.6 is 11.8 Å². The number of rotatable bonds is 6. The first-order valence-electron chi connectivity index (χ1n) is 8.11. The van der Waals surface area contributed by atoms with E-state index in [1.54, 1.807) is 13.0 Å². The van der Waals surface area contributed by atoms with Crippen molar-refractivity contribution in [1.29, 1.82) is 0 Å². The van der Waals surface area contributed by atoms with E-state index >= 15 is 0 Å². The maximum absolute atomic E-state index is 13.5. The van der Waals surface area contributed by atoms with E-state index in [-0.39, 0.29) is 11.7 Å². The minimum absolute atomic E-state index is 0.0234. The van der Waals surface area contributed by atoms with Crippen LogP contribution < -0.4 is 15.6 Å². The molecule has 2 aromatic carbocycles. The molecular formula is C19H21FN2O3S. The highest BCUT2D eigenvalue weighted by molar-refractivity contribution is 8.00. The predicted octanol–water partition coefficient (Wildman–Crippen LogP) is 3.23. The Kier molecular flexibility index (Phi) is 7.03. The Labute approximate surface area is 156 Å². The fourth-order valence-corrected chi connectivity index (χ4v) is 2.85. The summed E-state index contributed by atoms with van der Waals surface area (Å²) in [5.41, 5.74) is 5.80. The van der Waals surface area contributed by atoms with Gasteiger partial charge in [0.25, 0.3) is 11.8 Å². The summed E-state index contributed by atoms with van der Waals surface area (Å²) in [6.45, 7) is 5.20. The quantitative estimate of drug-likeness (QED) is 0.600. The number of nitrogens with one attached hydrogen (secondary N) is 2. The molecule has 0 radical (unpaired) electrons. The minimum Gasteiger partial charge on any atom is -0.478 e. The Balaban J connectivity index is 1.81. The molecule has 2 amide bonds. The lowest BCUT2D eigenvalue weighted by molar-refractivity contribution is -0.132. The molecule has 0 heterocycles. The van der Waals surface area contributed by atoms with Crippen LogP contribution in [0.4, 0.5) is 4.39 Å². The molecule has 2 N–H and O–H groups in total. The summed E-state index contributed by atoms with van der Waals surface area (Å²) in [6, 6.07) is 13.6. The van der Waals surface area contributed by atoms with Crippen molar-refractivity contribution in [2.45, 2.75) is 37.0 Å². The average molecular weight is 376 g/mol. The highest BCUT2D eigenvalue weighted by atomic mass is 32.2. The van der Waals surface area contributed by atoms with Crippen molar-refractivity contribution in [3.8, 4) is 5.75 Å². The zero-order valence-corrected chi connectivity index (χ0v) is 15.6. The van der Waals surface area contributed by atoms with Crippen LogP contribution in [0, 0.1) is 12.7 Å². The van der Waals surface area contributed by atoms with Gasteiger partial charge >= 0.3 is 0 Å². The number of hydrogen-bond acceptors (Lipinski definition) is 4. The van der Waals surface area contributed by atoms with Crippen molar-refractivity contribution in [1.82, 2.24) is 10.9 Å². The Morgan fingerprint density at radius 2 is 1.62 bits per heavy atom. The second kappa shape index (κ2) is 9.24. The van der Waals surface area contributed by atoms with Gasteiger partial charge in [0, 0.05) is 4.90 Å². The first-order chi connectivity index (χ1) is 12.4. The third-order valence-electron chi connectivity index (χ3n) is 3.52. The third-order valence-corrected chi connectivity index (χ3v) is 4.63. The van der Waals surface area contributed by atoms with Gasteiger partial charge in [-0.3, -0.25) is 20.4 Å². The molecule has 138 valence electrons. The fourth-order valence-electron chi connectivity index (χ4n) is 1.99. The van der Waals surface area contributed by atoms with E-state index in [0.29, 0.717) is 0 Å². The molecule has 2 rings (SSSR count). The summed E-state index contributed by atoms with van der Waals surface area (Å²) < 4.78 is 18.8. The van der Waals surface area contributed by atoms with Crippen LogP contribution in [0.3, 0.4) is 0 Å². The molecule has 0 spiro atoms. The fraction of sp³-hybridized carbons (Fsp3) is 0.263. The Morgan fingerprint density at radius 1 is 1.00 bits per heavy atom. The van der Waals surface area contributed by atoms with Crippen LogP contribution in [0.2, 0.25) is 0 Å². The summed E-state index contributed by atoms with van der Waals surface area (Å²) in [5, 5.41) is -0.402. The molecular weight excluding hydrogens is 355 g/mol. The molecule has 0 bridgehead atoms. The lowest BCUT2D eigenvalue weighted by Gasteiger charge is -2.17. The molecule has 0 aromatic heterocycles. The van der Waals surface area contributed by atoms with E-state index in [2.05, 4.69) is 10.9 Å². The standard InChI is InChI=1S/C19H21FN2O3S/c1-12-8-10-15(11-9-12)26-14(3)19(24)22-21-18(23)13(2)25-17-7-5-4-6-16(17)20/h4-11,13-14H,1-3H3,(H,21,23)(H,22,24)/t13-,14+/m1/s1. The van der Waals surface area contributed by atoms with Crippen LogP contribution in [-0.2, 0) is 9.59 Å². The van der Waals surface area contributed by atoms with Gasteiger partial charge in [0.1, 0.15) is 0 Å². The van der Waals surface area contributed by atoms with Crippen LogP contribution in [0.15, 0.2) is 53.4 Å². The monoisotopic (exact) mass is 376 g/mol. The van der Waals surface area contributed by atoms with Crippen LogP contribution in [0.5, 0.6) is 5.75 Å². The number of ether oxygens (including phenoxy) is 1. The van der Waals surface area contributed by atoms with Crippen molar-refractivity contribution >= 4 is 23.6 Å². The maximum Gasteiger partial charge on any atom is 0.279 e. The molecule has 5 nitrogen and oxygen atoms in total. The van der Waals surface area contributed by atoms with Gasteiger partial charge in [-0.2, -0.15) is 0 Å². The molecule has 0 fully saturated rings. The van der Waals surface area contributed by atoms with E-state index in [1.807, 2.05) is 31.2 Å². The van der Waals surface area contributed by atoms with Crippen molar-refractivity contribution < 1.29 is 18.7 Å². The van der Waals surface area contributed by atoms with E-state index in [9.17, 15) is 14.0 Å². The van der Waals surface area contributed by atoms with Gasteiger partial charge in [-0.1, -0.05) is 29.8 Å². The minimum atomic E-state index is -0.966. The lowest BCUT2D eigenvalue weighted by atomic mass is 10.2. The van der Waals surface area contributed by atoms with E-state index < -0.39 is 23.1 Å². The Hall–Kier alpha value is -2.54. The number of carbonyl (C=O) groups excluding carboxylic acids is 2. The molecule has 0 saturated carbocycles. The first kappa shape index (κ1) is 19.8. The highest BCUT2D eigenvalue weighted by Gasteiger charge is 2.19. The number of amides is 2. The molecule has 0 saturated heterocycles. The molecule has 0 aliphatic carbocycles. The van der Waals surface area contributed by atoms with Gasteiger partial charge in [-0.15, -0.1) is 11.8 Å². The molecule has 0 aliphatic rings.